The second kappa shape index (κ2) is 7.20. The Morgan fingerprint density at radius 2 is 1.89 bits per heavy atom. The number of nitrogens with one attached hydrogen (secondary N) is 1. The standard InChI is InChI=1S/C22H24Cl2N2O/c23-15-4-5-16(19(24)12-15)14-10-17-18-13-25-7-6-21(18)27-22(17)20(11-14)26-8-2-1-3-9-26/h4-5,10-12,18,21,25H,1-3,6-9,13H2. The van der Waals surface area contributed by atoms with Crippen molar-refractivity contribution in [1.82, 2.24) is 5.32 Å². The summed E-state index contributed by atoms with van der Waals surface area (Å²) in [6, 6.07) is 10.3. The summed E-state index contributed by atoms with van der Waals surface area (Å²) >= 11 is 12.7. The summed E-state index contributed by atoms with van der Waals surface area (Å²) < 4.78 is 6.50. The van der Waals surface area contributed by atoms with Crippen LogP contribution in [0.1, 0.15) is 37.2 Å². The fraction of sp³-hybridized carbons (Fsp3) is 0.455. The molecule has 2 atom stereocenters. The summed E-state index contributed by atoms with van der Waals surface area (Å²) in [5, 5.41) is 4.90. The molecule has 0 aromatic heterocycles. The highest BCUT2D eigenvalue weighted by Gasteiger charge is 2.39. The third-order valence-corrected chi connectivity index (χ3v) is 6.67. The Labute approximate surface area is 170 Å². The van der Waals surface area contributed by atoms with E-state index in [-0.39, 0.29) is 0 Å². The van der Waals surface area contributed by atoms with E-state index in [1.165, 1.54) is 30.5 Å². The molecule has 2 aromatic rings. The predicted octanol–water partition coefficient (Wildman–Crippen LogP) is 5.49. The van der Waals surface area contributed by atoms with Gasteiger partial charge >= 0.3 is 0 Å². The molecule has 3 aliphatic rings. The average Bonchev–Trinajstić information content (AvgIpc) is 3.07. The maximum atomic E-state index is 6.55. The van der Waals surface area contributed by atoms with Crippen LogP contribution in [-0.2, 0) is 0 Å². The summed E-state index contributed by atoms with van der Waals surface area (Å²) in [7, 11) is 0. The van der Waals surface area contributed by atoms with Crippen molar-refractivity contribution in [2.75, 3.05) is 31.1 Å². The number of fused-ring (bicyclic) bond motifs is 3. The van der Waals surface area contributed by atoms with E-state index in [0.717, 1.165) is 49.5 Å². The van der Waals surface area contributed by atoms with Gasteiger partial charge in [0.05, 0.1) is 5.69 Å². The van der Waals surface area contributed by atoms with Gasteiger partial charge in [0.2, 0.25) is 0 Å². The average molecular weight is 403 g/mol. The lowest BCUT2D eigenvalue weighted by atomic mass is 9.88. The number of ether oxygens (including phenoxy) is 1. The first-order chi connectivity index (χ1) is 13.2. The Hall–Kier alpha value is -1.42. The predicted molar refractivity (Wildman–Crippen MR) is 113 cm³/mol. The summed E-state index contributed by atoms with van der Waals surface area (Å²) in [5.74, 6) is 1.52. The number of hydrogen-bond donors (Lipinski definition) is 1. The van der Waals surface area contributed by atoms with Crippen LogP contribution in [0.15, 0.2) is 30.3 Å². The first-order valence-corrected chi connectivity index (χ1v) is 10.7. The van der Waals surface area contributed by atoms with E-state index in [0.29, 0.717) is 22.1 Å². The van der Waals surface area contributed by atoms with Crippen molar-refractivity contribution in [2.24, 2.45) is 0 Å². The van der Waals surface area contributed by atoms with Gasteiger partial charge in [-0.05, 0) is 62.1 Å². The van der Waals surface area contributed by atoms with Crippen molar-refractivity contribution >= 4 is 28.9 Å². The lowest BCUT2D eigenvalue weighted by Crippen LogP contribution is -2.37. The third kappa shape index (κ3) is 3.20. The Morgan fingerprint density at radius 1 is 1.04 bits per heavy atom. The number of rotatable bonds is 2. The molecule has 1 N–H and O–H groups in total. The quantitative estimate of drug-likeness (QED) is 0.718. The molecule has 0 aliphatic carbocycles. The molecule has 5 heteroatoms. The molecular weight excluding hydrogens is 379 g/mol. The van der Waals surface area contributed by atoms with E-state index >= 15 is 0 Å². The number of piperidine rings is 2. The second-order valence-corrected chi connectivity index (χ2v) is 8.68. The van der Waals surface area contributed by atoms with Crippen LogP contribution < -0.4 is 15.0 Å². The van der Waals surface area contributed by atoms with Crippen molar-refractivity contribution < 1.29 is 4.74 Å². The zero-order chi connectivity index (χ0) is 18.4. The first-order valence-electron chi connectivity index (χ1n) is 9.96. The number of halogens is 2. The summed E-state index contributed by atoms with van der Waals surface area (Å²) in [6.07, 6.45) is 5.16. The van der Waals surface area contributed by atoms with Crippen molar-refractivity contribution in [3.8, 4) is 16.9 Å². The largest absolute Gasteiger partial charge is 0.487 e. The second-order valence-electron chi connectivity index (χ2n) is 7.84. The number of hydrogen-bond acceptors (Lipinski definition) is 3. The molecule has 0 bridgehead atoms. The van der Waals surface area contributed by atoms with Gasteiger partial charge in [-0.25, -0.2) is 0 Å². The first kappa shape index (κ1) is 17.7. The summed E-state index contributed by atoms with van der Waals surface area (Å²) in [6.45, 7) is 4.21. The molecule has 3 nitrogen and oxygen atoms in total. The Balaban J connectivity index is 1.64. The van der Waals surface area contributed by atoms with Crippen LogP contribution in [0.5, 0.6) is 5.75 Å². The van der Waals surface area contributed by atoms with Crippen LogP contribution >= 0.6 is 23.2 Å². The Bertz CT molecular complexity index is 864. The molecular formula is C22H24Cl2N2O. The molecule has 0 radical (unpaired) electrons. The van der Waals surface area contributed by atoms with Crippen LogP contribution in [0.4, 0.5) is 5.69 Å². The minimum atomic E-state index is 0.292. The van der Waals surface area contributed by atoms with E-state index in [4.69, 9.17) is 27.9 Å². The lowest BCUT2D eigenvalue weighted by molar-refractivity contribution is 0.172. The monoisotopic (exact) mass is 402 g/mol. The molecule has 3 aliphatic heterocycles. The number of nitrogens with zero attached hydrogens (tertiary/aromatic N) is 1. The van der Waals surface area contributed by atoms with Crippen molar-refractivity contribution in [3.05, 3.63) is 45.9 Å². The topological polar surface area (TPSA) is 24.5 Å². The van der Waals surface area contributed by atoms with Gasteiger partial charge in [0.1, 0.15) is 11.9 Å². The summed E-state index contributed by atoms with van der Waals surface area (Å²) in [5.41, 5.74) is 4.76. The third-order valence-electron chi connectivity index (χ3n) is 6.12. The molecule has 2 saturated heterocycles. The van der Waals surface area contributed by atoms with Gasteiger partial charge in [-0.2, -0.15) is 0 Å². The van der Waals surface area contributed by atoms with Gasteiger partial charge in [-0.1, -0.05) is 29.3 Å². The van der Waals surface area contributed by atoms with Gasteiger partial charge in [0, 0.05) is 46.7 Å². The molecule has 27 heavy (non-hydrogen) atoms. The van der Waals surface area contributed by atoms with Gasteiger partial charge < -0.3 is 15.0 Å². The zero-order valence-corrected chi connectivity index (χ0v) is 16.8. The van der Waals surface area contributed by atoms with Gasteiger partial charge in [0.15, 0.2) is 0 Å². The molecule has 0 amide bonds. The van der Waals surface area contributed by atoms with Gasteiger partial charge in [-0.3, -0.25) is 0 Å². The van der Waals surface area contributed by atoms with E-state index in [1.807, 2.05) is 18.2 Å². The highest BCUT2D eigenvalue weighted by molar-refractivity contribution is 6.36. The molecule has 5 rings (SSSR count). The highest BCUT2D eigenvalue weighted by Crippen LogP contribution is 2.49. The van der Waals surface area contributed by atoms with Crippen molar-refractivity contribution in [3.63, 3.8) is 0 Å². The zero-order valence-electron chi connectivity index (χ0n) is 15.3. The normalized spacial score (nSPS) is 24.3. The van der Waals surface area contributed by atoms with Crippen LogP contribution in [0, 0.1) is 0 Å². The van der Waals surface area contributed by atoms with Gasteiger partial charge in [0.25, 0.3) is 0 Å². The molecule has 3 heterocycles. The summed E-state index contributed by atoms with van der Waals surface area (Å²) in [4.78, 5) is 2.50. The molecule has 142 valence electrons. The smallest absolute Gasteiger partial charge is 0.146 e. The molecule has 0 saturated carbocycles. The van der Waals surface area contributed by atoms with Crippen molar-refractivity contribution in [1.29, 1.82) is 0 Å². The van der Waals surface area contributed by atoms with Crippen LogP contribution in [0.2, 0.25) is 10.0 Å². The molecule has 2 aromatic carbocycles. The van der Waals surface area contributed by atoms with E-state index in [9.17, 15) is 0 Å². The maximum Gasteiger partial charge on any atom is 0.146 e. The van der Waals surface area contributed by atoms with Crippen LogP contribution in [0.3, 0.4) is 0 Å². The lowest BCUT2D eigenvalue weighted by Gasteiger charge is -2.30. The fourth-order valence-corrected chi connectivity index (χ4v) is 5.24. The molecule has 2 fully saturated rings. The minimum absolute atomic E-state index is 0.292. The molecule has 2 unspecified atom stereocenters. The molecule has 0 spiro atoms. The Kier molecular flexibility index (Phi) is 4.71. The SMILES string of the molecule is Clc1ccc(-c2cc3c(c(N4CCCCC4)c2)OC2CCNCC32)c(Cl)c1. The maximum absolute atomic E-state index is 6.55. The van der Waals surface area contributed by atoms with Gasteiger partial charge in [-0.15, -0.1) is 0 Å². The van der Waals surface area contributed by atoms with Crippen LogP contribution in [-0.4, -0.2) is 32.3 Å². The van der Waals surface area contributed by atoms with E-state index in [1.54, 1.807) is 0 Å². The van der Waals surface area contributed by atoms with E-state index < -0.39 is 0 Å². The Morgan fingerprint density at radius 3 is 2.70 bits per heavy atom. The van der Waals surface area contributed by atoms with E-state index in [2.05, 4.69) is 22.3 Å². The van der Waals surface area contributed by atoms with Crippen molar-refractivity contribution in [2.45, 2.75) is 37.7 Å². The fourth-order valence-electron chi connectivity index (χ4n) is 4.73. The highest BCUT2D eigenvalue weighted by atomic mass is 35.5. The number of anilines is 1. The number of benzene rings is 2. The minimum Gasteiger partial charge on any atom is -0.487 e. The van der Waals surface area contributed by atoms with Crippen LogP contribution in [0.25, 0.3) is 11.1 Å².